The number of aliphatic imine (C=N–C) groups is 1. The van der Waals surface area contributed by atoms with Crippen LogP contribution in [0.1, 0.15) is 27.7 Å². The predicted molar refractivity (Wildman–Crippen MR) is 159 cm³/mol. The molecule has 0 saturated carbocycles. The van der Waals surface area contributed by atoms with Crippen LogP contribution in [0.15, 0.2) is 88.6 Å². The van der Waals surface area contributed by atoms with Crippen molar-refractivity contribution in [2.24, 2.45) is 4.99 Å². The summed E-state index contributed by atoms with van der Waals surface area (Å²) in [5.74, 6) is 7.54. The first kappa shape index (κ1) is 24.5. The summed E-state index contributed by atoms with van der Waals surface area (Å²) in [5, 5.41) is 22.4. The van der Waals surface area contributed by atoms with Crippen LogP contribution in [-0.4, -0.2) is 30.1 Å². The van der Waals surface area contributed by atoms with Gasteiger partial charge in [0, 0.05) is 26.9 Å². The molecular formula is C31H20ClN5O2S. The highest BCUT2D eigenvalue weighted by atomic mass is 35.5. The van der Waals surface area contributed by atoms with Gasteiger partial charge in [0.1, 0.15) is 18.2 Å². The Labute approximate surface area is 237 Å². The van der Waals surface area contributed by atoms with Gasteiger partial charge in [-0.1, -0.05) is 78.0 Å². The standard InChI is InChI=1S/C31H20ClN5O2S/c32-25-13-5-3-12-23(25)29-24-16-19(40-31(24)37-27(17-33-29)34-35-28(37)18-38)8-7-15-36-26-14-6-4-10-21(26)20-9-1-2-11-22(20)30(36)39/h1-6,9-14,16,38H,15,17-18H2. The van der Waals surface area contributed by atoms with E-state index in [2.05, 4.69) is 22.0 Å². The fraction of sp³-hybridized carbons (Fsp3) is 0.0968. The maximum absolute atomic E-state index is 13.4. The van der Waals surface area contributed by atoms with Gasteiger partial charge < -0.3 is 5.11 Å². The van der Waals surface area contributed by atoms with Crippen LogP contribution < -0.4 is 5.56 Å². The zero-order valence-electron chi connectivity index (χ0n) is 21.0. The van der Waals surface area contributed by atoms with Gasteiger partial charge in [0.25, 0.3) is 5.56 Å². The summed E-state index contributed by atoms with van der Waals surface area (Å²) in [6, 6.07) is 25.1. The van der Waals surface area contributed by atoms with Crippen molar-refractivity contribution in [3.05, 3.63) is 122 Å². The third-order valence-electron chi connectivity index (χ3n) is 6.95. The molecule has 9 heteroatoms. The van der Waals surface area contributed by atoms with E-state index in [1.54, 1.807) is 4.57 Å². The van der Waals surface area contributed by atoms with Gasteiger partial charge >= 0.3 is 0 Å². The number of thiophene rings is 1. The summed E-state index contributed by atoms with van der Waals surface area (Å²) in [7, 11) is 0. The number of aliphatic hydroxyl groups is 1. The molecule has 40 heavy (non-hydrogen) atoms. The number of hydrogen-bond donors (Lipinski definition) is 1. The first-order chi connectivity index (χ1) is 19.6. The third-order valence-corrected chi connectivity index (χ3v) is 8.32. The Morgan fingerprint density at radius 1 is 0.925 bits per heavy atom. The molecule has 1 aliphatic rings. The largest absolute Gasteiger partial charge is 0.388 e. The van der Waals surface area contributed by atoms with E-state index < -0.39 is 0 Å². The predicted octanol–water partition coefficient (Wildman–Crippen LogP) is 5.35. The van der Waals surface area contributed by atoms with Crippen LogP contribution in [0.3, 0.4) is 0 Å². The molecule has 7 nitrogen and oxygen atoms in total. The Bertz CT molecular complexity index is 2110. The smallest absolute Gasteiger partial charge is 0.259 e. The lowest BCUT2D eigenvalue weighted by atomic mass is 10.0. The van der Waals surface area contributed by atoms with Crippen molar-refractivity contribution < 1.29 is 5.11 Å². The minimum Gasteiger partial charge on any atom is -0.388 e. The van der Waals surface area contributed by atoms with Crippen LogP contribution >= 0.6 is 22.9 Å². The summed E-state index contributed by atoms with van der Waals surface area (Å²) in [6.07, 6.45) is 0. The summed E-state index contributed by atoms with van der Waals surface area (Å²) < 4.78 is 3.57. The molecule has 0 amide bonds. The number of fused-ring (bicyclic) bond motifs is 6. The summed E-state index contributed by atoms with van der Waals surface area (Å²) >= 11 is 8.03. The van der Waals surface area contributed by atoms with Gasteiger partial charge in [-0.25, -0.2) is 0 Å². The maximum atomic E-state index is 13.4. The zero-order chi connectivity index (χ0) is 27.2. The molecule has 1 aliphatic heterocycles. The van der Waals surface area contributed by atoms with E-state index in [0.717, 1.165) is 43.0 Å². The average Bonchev–Trinajstić information content (AvgIpc) is 3.56. The lowest BCUT2D eigenvalue weighted by Gasteiger charge is -2.10. The second kappa shape index (κ2) is 9.88. The first-order valence-corrected chi connectivity index (χ1v) is 13.8. The Morgan fingerprint density at radius 3 is 2.50 bits per heavy atom. The van der Waals surface area contributed by atoms with Crippen LogP contribution in [-0.2, 0) is 19.7 Å². The maximum Gasteiger partial charge on any atom is 0.259 e. The Balaban J connectivity index is 1.34. The summed E-state index contributed by atoms with van der Waals surface area (Å²) in [4.78, 5) is 19.0. The van der Waals surface area contributed by atoms with E-state index >= 15 is 0 Å². The van der Waals surface area contributed by atoms with Gasteiger partial charge in [-0.05, 0) is 29.7 Å². The number of rotatable bonds is 3. The molecule has 0 aliphatic carbocycles. The van der Waals surface area contributed by atoms with Gasteiger partial charge in [0.2, 0.25) is 0 Å². The highest BCUT2D eigenvalue weighted by molar-refractivity contribution is 7.15. The van der Waals surface area contributed by atoms with Gasteiger partial charge in [0.05, 0.1) is 22.7 Å². The van der Waals surface area contributed by atoms with E-state index in [4.69, 9.17) is 16.6 Å². The third kappa shape index (κ3) is 3.95. The van der Waals surface area contributed by atoms with Crippen molar-refractivity contribution in [3.8, 4) is 16.8 Å². The Morgan fingerprint density at radius 2 is 1.68 bits per heavy atom. The molecule has 0 fully saturated rings. The van der Waals surface area contributed by atoms with Crippen molar-refractivity contribution in [2.45, 2.75) is 19.7 Å². The SMILES string of the molecule is O=c1c2ccccc2c2ccccc2n1CC#Cc1cc2c(s1)-n1c(CO)nnc1CN=C2c1ccccc1Cl. The van der Waals surface area contributed by atoms with E-state index in [-0.39, 0.29) is 18.7 Å². The van der Waals surface area contributed by atoms with E-state index in [0.29, 0.717) is 28.6 Å². The zero-order valence-corrected chi connectivity index (χ0v) is 22.6. The van der Waals surface area contributed by atoms with Gasteiger partial charge in [-0.15, -0.1) is 21.5 Å². The number of nitrogens with zero attached hydrogens (tertiary/aromatic N) is 5. The summed E-state index contributed by atoms with van der Waals surface area (Å²) in [6.45, 7) is 0.274. The minimum absolute atomic E-state index is 0.0691. The molecule has 0 bridgehead atoms. The van der Waals surface area contributed by atoms with Gasteiger partial charge in [-0.2, -0.15) is 0 Å². The van der Waals surface area contributed by atoms with Crippen molar-refractivity contribution >= 4 is 50.3 Å². The molecule has 0 saturated heterocycles. The fourth-order valence-electron chi connectivity index (χ4n) is 5.15. The average molecular weight is 562 g/mol. The molecule has 6 aromatic rings. The monoisotopic (exact) mass is 561 g/mol. The number of halogens is 1. The van der Waals surface area contributed by atoms with Crippen LogP contribution in [0.25, 0.3) is 26.7 Å². The normalized spacial score (nSPS) is 12.4. The van der Waals surface area contributed by atoms with Crippen molar-refractivity contribution in [3.63, 3.8) is 0 Å². The van der Waals surface area contributed by atoms with Crippen LogP contribution in [0, 0.1) is 11.8 Å². The molecule has 4 heterocycles. The number of aromatic nitrogens is 4. The highest BCUT2D eigenvalue weighted by Crippen LogP contribution is 2.34. The lowest BCUT2D eigenvalue weighted by molar-refractivity contribution is 0.269. The van der Waals surface area contributed by atoms with Crippen molar-refractivity contribution in [1.82, 2.24) is 19.3 Å². The van der Waals surface area contributed by atoms with E-state index in [9.17, 15) is 9.90 Å². The molecule has 0 unspecified atom stereocenters. The quantitative estimate of drug-likeness (QED) is 0.233. The van der Waals surface area contributed by atoms with E-state index in [1.807, 2.05) is 83.4 Å². The molecule has 3 aromatic heterocycles. The highest BCUT2D eigenvalue weighted by Gasteiger charge is 2.26. The summed E-state index contributed by atoms with van der Waals surface area (Å²) in [5.41, 5.74) is 3.15. The number of aliphatic hydroxyl groups excluding tert-OH is 1. The number of para-hydroxylation sites is 1. The number of benzene rings is 3. The lowest BCUT2D eigenvalue weighted by Crippen LogP contribution is -2.20. The van der Waals surface area contributed by atoms with Crippen LogP contribution in [0.2, 0.25) is 5.02 Å². The van der Waals surface area contributed by atoms with Crippen LogP contribution in [0.4, 0.5) is 0 Å². The second-order valence-electron chi connectivity index (χ2n) is 9.26. The minimum atomic E-state index is -0.259. The van der Waals surface area contributed by atoms with Crippen molar-refractivity contribution in [1.29, 1.82) is 0 Å². The van der Waals surface area contributed by atoms with E-state index in [1.165, 1.54) is 11.3 Å². The van der Waals surface area contributed by atoms with Gasteiger partial charge in [0.15, 0.2) is 11.6 Å². The Hall–Kier alpha value is -4.55. The molecule has 1 N–H and O–H groups in total. The first-order valence-electron chi connectivity index (χ1n) is 12.6. The number of pyridine rings is 1. The molecular weight excluding hydrogens is 542 g/mol. The van der Waals surface area contributed by atoms with Gasteiger partial charge in [-0.3, -0.25) is 18.9 Å². The topological polar surface area (TPSA) is 85.3 Å². The fourth-order valence-corrected chi connectivity index (χ4v) is 6.45. The second-order valence-corrected chi connectivity index (χ2v) is 10.7. The molecule has 7 rings (SSSR count). The van der Waals surface area contributed by atoms with Crippen molar-refractivity contribution in [2.75, 3.05) is 0 Å². The number of hydrogen-bond acceptors (Lipinski definition) is 6. The Kier molecular flexibility index (Phi) is 6.05. The molecule has 194 valence electrons. The molecule has 0 atom stereocenters. The molecule has 0 radical (unpaired) electrons. The van der Waals surface area contributed by atoms with Crippen LogP contribution in [0.5, 0.6) is 0 Å². The molecule has 0 spiro atoms. The molecule has 3 aromatic carbocycles.